The number of nitrogens with zero attached hydrogens (tertiary/aromatic N) is 3. The van der Waals surface area contributed by atoms with Crippen LogP contribution < -0.4 is 0 Å². The largest absolute Gasteiger partial charge is 0.456 e. The molecule has 196 valence electrons. The molecule has 4 heterocycles. The number of pyridine rings is 2. The van der Waals surface area contributed by atoms with Crippen molar-refractivity contribution in [2.24, 2.45) is 0 Å². The molecule has 0 spiro atoms. The van der Waals surface area contributed by atoms with Gasteiger partial charge in [0.05, 0.1) is 5.69 Å². The zero-order chi connectivity index (χ0) is 27.6. The Labute approximate surface area is 241 Å². The summed E-state index contributed by atoms with van der Waals surface area (Å²) in [6.07, 6.45) is 2.03. The average molecular weight is 538 g/mol. The predicted octanol–water partition coefficient (Wildman–Crippen LogP) is 9.94. The highest BCUT2D eigenvalue weighted by Gasteiger charge is 2.15. The summed E-state index contributed by atoms with van der Waals surface area (Å²) in [6, 6.07) is 46.6. The maximum Gasteiger partial charge on any atom is 0.165 e. The Hall–Kier alpha value is -5.74. The highest BCUT2D eigenvalue weighted by Crippen LogP contribution is 2.35. The van der Waals surface area contributed by atoms with Crippen LogP contribution in [0.3, 0.4) is 0 Å². The highest BCUT2D eigenvalue weighted by molar-refractivity contribution is 6.09. The van der Waals surface area contributed by atoms with Gasteiger partial charge in [-0.1, -0.05) is 103 Å². The Morgan fingerprint density at radius 2 is 1.05 bits per heavy atom. The molecule has 0 aliphatic rings. The Morgan fingerprint density at radius 1 is 0.452 bits per heavy atom. The van der Waals surface area contributed by atoms with E-state index in [4.69, 9.17) is 14.4 Å². The van der Waals surface area contributed by atoms with Crippen LogP contribution in [0.2, 0.25) is 0 Å². The van der Waals surface area contributed by atoms with Crippen LogP contribution in [-0.2, 0) is 0 Å². The van der Waals surface area contributed by atoms with Crippen molar-refractivity contribution in [3.8, 4) is 33.5 Å². The number of para-hydroxylation sites is 1. The lowest BCUT2D eigenvalue weighted by Gasteiger charge is -2.09. The van der Waals surface area contributed by atoms with Crippen molar-refractivity contribution in [3.05, 3.63) is 140 Å². The monoisotopic (exact) mass is 537 g/mol. The van der Waals surface area contributed by atoms with Crippen molar-refractivity contribution >= 4 is 49.5 Å². The fourth-order valence-corrected chi connectivity index (χ4v) is 6.13. The van der Waals surface area contributed by atoms with Gasteiger partial charge in [-0.25, -0.2) is 9.97 Å². The smallest absolute Gasteiger partial charge is 0.165 e. The van der Waals surface area contributed by atoms with E-state index in [1.165, 1.54) is 22.3 Å². The second-order valence-corrected chi connectivity index (χ2v) is 10.7. The van der Waals surface area contributed by atoms with Crippen molar-refractivity contribution in [1.29, 1.82) is 0 Å². The van der Waals surface area contributed by atoms with Crippen molar-refractivity contribution in [3.63, 3.8) is 0 Å². The molecule has 0 aliphatic heterocycles. The molecule has 0 radical (unpaired) electrons. The van der Waals surface area contributed by atoms with Gasteiger partial charge in [0, 0.05) is 33.3 Å². The summed E-state index contributed by atoms with van der Waals surface area (Å²) in [4.78, 5) is 10.0. The number of fused-ring (bicyclic) bond motifs is 8. The summed E-state index contributed by atoms with van der Waals surface area (Å²) in [7, 11) is 0. The van der Waals surface area contributed by atoms with Crippen molar-refractivity contribution < 1.29 is 4.42 Å². The average Bonchev–Trinajstić information content (AvgIpc) is 3.63. The van der Waals surface area contributed by atoms with Crippen molar-refractivity contribution in [2.75, 3.05) is 0 Å². The summed E-state index contributed by atoms with van der Waals surface area (Å²) < 4.78 is 8.08. The Morgan fingerprint density at radius 3 is 1.83 bits per heavy atom. The van der Waals surface area contributed by atoms with Gasteiger partial charge in [-0.05, 0) is 52.6 Å². The zero-order valence-electron chi connectivity index (χ0n) is 22.5. The Kier molecular flexibility index (Phi) is 4.87. The van der Waals surface area contributed by atoms with Gasteiger partial charge in [-0.3, -0.25) is 4.40 Å². The molecule has 0 saturated carbocycles. The van der Waals surface area contributed by atoms with E-state index < -0.39 is 0 Å². The third-order valence-corrected chi connectivity index (χ3v) is 8.25. The number of aromatic nitrogens is 3. The van der Waals surface area contributed by atoms with Crippen LogP contribution in [0, 0.1) is 0 Å². The third-order valence-electron chi connectivity index (χ3n) is 8.25. The van der Waals surface area contributed by atoms with Gasteiger partial charge in [-0.15, -0.1) is 0 Å². The number of furan rings is 1. The predicted molar refractivity (Wildman–Crippen MR) is 172 cm³/mol. The molecule has 9 rings (SSSR count). The van der Waals surface area contributed by atoms with E-state index >= 15 is 0 Å². The molecule has 0 atom stereocenters. The van der Waals surface area contributed by atoms with Gasteiger partial charge >= 0.3 is 0 Å². The molecule has 0 saturated heterocycles. The normalized spacial score (nSPS) is 11.8. The minimum atomic E-state index is 0.876. The molecule has 42 heavy (non-hydrogen) atoms. The molecular formula is C38H23N3O. The summed E-state index contributed by atoms with van der Waals surface area (Å²) in [5, 5.41) is 4.51. The number of hydrogen-bond acceptors (Lipinski definition) is 3. The van der Waals surface area contributed by atoms with Crippen LogP contribution in [0.4, 0.5) is 0 Å². The molecule has 0 bridgehead atoms. The van der Waals surface area contributed by atoms with E-state index in [2.05, 4.69) is 108 Å². The van der Waals surface area contributed by atoms with Crippen LogP contribution in [0.25, 0.3) is 83.0 Å². The summed E-state index contributed by atoms with van der Waals surface area (Å²) in [6.45, 7) is 0. The SMILES string of the molecule is c1ccc2c(c1)oc1ccc(-c3ccc(-c4ccc(-c5nc6c(nc7ccccn76)c6ccccc56)cc4)cc3)cc12. The van der Waals surface area contributed by atoms with Crippen LogP contribution >= 0.6 is 0 Å². The van der Waals surface area contributed by atoms with Crippen molar-refractivity contribution in [2.45, 2.75) is 0 Å². The first-order valence-corrected chi connectivity index (χ1v) is 14.1. The van der Waals surface area contributed by atoms with E-state index in [0.29, 0.717) is 0 Å². The zero-order valence-corrected chi connectivity index (χ0v) is 22.5. The van der Waals surface area contributed by atoms with Gasteiger partial charge < -0.3 is 4.42 Å². The highest BCUT2D eigenvalue weighted by atomic mass is 16.3. The molecule has 4 nitrogen and oxygen atoms in total. The molecule has 0 N–H and O–H groups in total. The van der Waals surface area contributed by atoms with E-state index in [1.54, 1.807) is 0 Å². The van der Waals surface area contributed by atoms with Crippen LogP contribution in [0.5, 0.6) is 0 Å². The molecule has 0 fully saturated rings. The maximum absolute atomic E-state index is 6.01. The molecule has 4 aromatic heterocycles. The molecule has 4 heteroatoms. The number of rotatable bonds is 3. The molecule has 0 amide bonds. The molecule has 0 aliphatic carbocycles. The first-order chi connectivity index (χ1) is 20.8. The standard InChI is InChI=1S/C38H23N3O/c1-2-9-31-30(8-1)36(40-38-37(31)39-35-11-5-6-22-41(35)38)27-18-16-25(17-19-27)24-12-14-26(15-13-24)28-20-21-34-32(23-28)29-7-3-4-10-33(29)42-34/h1-23H. The number of imidazole rings is 1. The van der Waals surface area contributed by atoms with Gasteiger partial charge in [0.25, 0.3) is 0 Å². The molecule has 9 aromatic rings. The minimum Gasteiger partial charge on any atom is -0.456 e. The molecular weight excluding hydrogens is 514 g/mol. The Bertz CT molecular complexity index is 2450. The second kappa shape index (κ2) is 8.88. The topological polar surface area (TPSA) is 43.3 Å². The van der Waals surface area contributed by atoms with Crippen LogP contribution in [-0.4, -0.2) is 14.4 Å². The first-order valence-electron chi connectivity index (χ1n) is 14.1. The second-order valence-electron chi connectivity index (χ2n) is 10.7. The molecule has 0 unspecified atom stereocenters. The van der Waals surface area contributed by atoms with E-state index in [1.807, 2.05) is 36.5 Å². The lowest BCUT2D eigenvalue weighted by atomic mass is 9.97. The summed E-state index contributed by atoms with van der Waals surface area (Å²) >= 11 is 0. The van der Waals surface area contributed by atoms with E-state index in [0.717, 1.165) is 60.8 Å². The fraction of sp³-hybridized carbons (Fsp3) is 0. The minimum absolute atomic E-state index is 0.876. The number of benzene rings is 5. The fourth-order valence-electron chi connectivity index (χ4n) is 6.13. The van der Waals surface area contributed by atoms with E-state index in [-0.39, 0.29) is 0 Å². The van der Waals surface area contributed by atoms with Crippen LogP contribution in [0.15, 0.2) is 144 Å². The third kappa shape index (κ3) is 3.49. The van der Waals surface area contributed by atoms with Gasteiger partial charge in [-0.2, -0.15) is 0 Å². The van der Waals surface area contributed by atoms with Gasteiger partial charge in [0.1, 0.15) is 22.3 Å². The Balaban J connectivity index is 1.08. The lowest BCUT2D eigenvalue weighted by Crippen LogP contribution is -1.91. The summed E-state index contributed by atoms with van der Waals surface area (Å²) in [5.41, 5.74) is 11.3. The van der Waals surface area contributed by atoms with Gasteiger partial charge in [0.2, 0.25) is 0 Å². The quantitative estimate of drug-likeness (QED) is 0.225. The van der Waals surface area contributed by atoms with Crippen LogP contribution in [0.1, 0.15) is 0 Å². The number of hydrogen-bond donors (Lipinski definition) is 0. The lowest BCUT2D eigenvalue weighted by molar-refractivity contribution is 0.669. The first kappa shape index (κ1) is 23.0. The van der Waals surface area contributed by atoms with E-state index in [9.17, 15) is 0 Å². The maximum atomic E-state index is 6.01. The van der Waals surface area contributed by atoms with Gasteiger partial charge in [0.15, 0.2) is 5.65 Å². The summed E-state index contributed by atoms with van der Waals surface area (Å²) in [5.74, 6) is 0. The van der Waals surface area contributed by atoms with Crippen molar-refractivity contribution in [1.82, 2.24) is 14.4 Å². The molecule has 5 aromatic carbocycles.